The van der Waals surface area contributed by atoms with Crippen LogP contribution in [0.4, 0.5) is 4.39 Å². The number of hydrogen-bond acceptors (Lipinski definition) is 4. The molecule has 0 radical (unpaired) electrons. The van der Waals surface area contributed by atoms with Gasteiger partial charge in [0.2, 0.25) is 5.91 Å². The lowest BCUT2D eigenvalue weighted by Gasteiger charge is -2.11. The van der Waals surface area contributed by atoms with Gasteiger partial charge in [-0.1, -0.05) is 42.0 Å². The van der Waals surface area contributed by atoms with E-state index in [1.165, 1.54) is 35.6 Å². The van der Waals surface area contributed by atoms with Crippen LogP contribution in [0.3, 0.4) is 0 Å². The first-order valence-corrected chi connectivity index (χ1v) is 9.78. The number of hydrogen-bond donors (Lipinski definition) is 2. The number of hydrazine groups is 1. The molecule has 0 atom stereocenters. The minimum Gasteiger partial charge on any atom is -0.313 e. The zero-order valence-electron chi connectivity index (χ0n) is 15.1. The molecule has 0 aliphatic rings. The molecule has 2 amide bonds. The molecule has 1 aromatic heterocycles. The average molecular weight is 416 g/mol. The zero-order chi connectivity index (χ0) is 20.1. The summed E-state index contributed by atoms with van der Waals surface area (Å²) in [6, 6.07) is 13.6. The van der Waals surface area contributed by atoms with Gasteiger partial charge in [0.1, 0.15) is 12.4 Å². The van der Waals surface area contributed by atoms with E-state index in [1.54, 1.807) is 4.57 Å². The molecule has 28 heavy (non-hydrogen) atoms. The van der Waals surface area contributed by atoms with Gasteiger partial charge >= 0.3 is 0 Å². The Morgan fingerprint density at radius 3 is 2.36 bits per heavy atom. The van der Waals surface area contributed by atoms with Crippen LogP contribution in [-0.4, -0.2) is 16.4 Å². The molecule has 2 N–H and O–H groups in total. The summed E-state index contributed by atoms with van der Waals surface area (Å²) in [5, 5.41) is 1.91. The van der Waals surface area contributed by atoms with E-state index in [0.29, 0.717) is 9.52 Å². The molecular weight excluding hydrogens is 397 g/mol. The van der Waals surface area contributed by atoms with Crippen molar-refractivity contribution >= 4 is 35.4 Å². The number of halogens is 1. The van der Waals surface area contributed by atoms with Crippen molar-refractivity contribution < 1.29 is 14.0 Å². The fourth-order valence-electron chi connectivity index (χ4n) is 2.58. The Morgan fingerprint density at radius 2 is 1.68 bits per heavy atom. The van der Waals surface area contributed by atoms with Gasteiger partial charge < -0.3 is 4.57 Å². The van der Waals surface area contributed by atoms with Gasteiger partial charge in [0.15, 0.2) is 3.95 Å². The van der Waals surface area contributed by atoms with Gasteiger partial charge in [-0.05, 0) is 42.4 Å². The summed E-state index contributed by atoms with van der Waals surface area (Å²) in [6.07, 6.45) is 0.0348. The summed E-state index contributed by atoms with van der Waals surface area (Å²) in [6.45, 7) is 1.99. The summed E-state index contributed by atoms with van der Waals surface area (Å²) in [4.78, 5) is 24.2. The van der Waals surface area contributed by atoms with E-state index in [1.807, 2.05) is 36.6 Å². The second-order valence-corrected chi connectivity index (χ2v) is 7.74. The van der Waals surface area contributed by atoms with E-state index in [-0.39, 0.29) is 18.8 Å². The Morgan fingerprint density at radius 1 is 1.04 bits per heavy atom. The molecule has 2 aromatic carbocycles. The number of thiazole rings is 1. The molecule has 0 bridgehead atoms. The topological polar surface area (TPSA) is 63.1 Å². The van der Waals surface area contributed by atoms with Crippen LogP contribution in [0.25, 0.3) is 11.3 Å². The number of carbonyl (C=O) groups excluding carboxylic acids is 2. The van der Waals surface area contributed by atoms with Crippen LogP contribution >= 0.6 is 23.6 Å². The molecule has 0 spiro atoms. The molecule has 0 saturated carbocycles. The number of nitrogens with one attached hydrogen (secondary N) is 2. The maximum Gasteiger partial charge on any atom is 0.258 e. The number of benzene rings is 2. The molecule has 0 saturated heterocycles. The third-order valence-electron chi connectivity index (χ3n) is 4.05. The monoisotopic (exact) mass is 415 g/mol. The molecule has 0 fully saturated rings. The van der Waals surface area contributed by atoms with Crippen molar-refractivity contribution in [2.75, 3.05) is 0 Å². The van der Waals surface area contributed by atoms with Gasteiger partial charge in [0.25, 0.3) is 5.91 Å². The second-order valence-electron chi connectivity index (χ2n) is 6.24. The number of amides is 2. The van der Waals surface area contributed by atoms with E-state index in [0.717, 1.165) is 16.8 Å². The van der Waals surface area contributed by atoms with Crippen molar-refractivity contribution in [3.8, 4) is 11.3 Å². The molecule has 3 aromatic rings. The van der Waals surface area contributed by atoms with Crippen molar-refractivity contribution in [1.82, 2.24) is 15.4 Å². The highest BCUT2D eigenvalue weighted by molar-refractivity contribution is 7.73. The predicted octanol–water partition coefficient (Wildman–Crippen LogP) is 3.78. The molecule has 8 heteroatoms. The summed E-state index contributed by atoms with van der Waals surface area (Å²) >= 11 is 6.71. The molecule has 5 nitrogen and oxygen atoms in total. The summed E-state index contributed by atoms with van der Waals surface area (Å²) in [5.41, 5.74) is 8.37. The van der Waals surface area contributed by atoms with E-state index in [9.17, 15) is 14.0 Å². The smallest absolute Gasteiger partial charge is 0.258 e. The maximum absolute atomic E-state index is 12.9. The first-order valence-electron chi connectivity index (χ1n) is 8.50. The zero-order valence-corrected chi connectivity index (χ0v) is 16.7. The van der Waals surface area contributed by atoms with E-state index in [2.05, 4.69) is 10.9 Å². The fourth-order valence-corrected chi connectivity index (χ4v) is 3.66. The number of rotatable bonds is 5. The Bertz CT molecular complexity index is 1040. The molecular formula is C20H18FN3O2S2. The van der Waals surface area contributed by atoms with Crippen molar-refractivity contribution in [2.45, 2.75) is 19.9 Å². The summed E-state index contributed by atoms with van der Waals surface area (Å²) in [5.74, 6) is -1.16. The van der Waals surface area contributed by atoms with Gasteiger partial charge in [-0.2, -0.15) is 0 Å². The highest BCUT2D eigenvalue weighted by Crippen LogP contribution is 2.24. The van der Waals surface area contributed by atoms with Crippen LogP contribution in [0.2, 0.25) is 0 Å². The van der Waals surface area contributed by atoms with Crippen LogP contribution in [0.5, 0.6) is 0 Å². The minimum atomic E-state index is -0.396. The number of carbonyl (C=O) groups is 2. The molecule has 1 heterocycles. The molecule has 0 aliphatic carbocycles. The van der Waals surface area contributed by atoms with Crippen molar-refractivity contribution in [3.05, 3.63) is 74.8 Å². The van der Waals surface area contributed by atoms with Crippen LogP contribution in [0, 0.1) is 16.7 Å². The van der Waals surface area contributed by atoms with Gasteiger partial charge in [0, 0.05) is 5.38 Å². The van der Waals surface area contributed by atoms with E-state index < -0.39 is 11.8 Å². The fraction of sp³-hybridized carbons (Fsp3) is 0.150. The Labute approximate surface area is 170 Å². The largest absolute Gasteiger partial charge is 0.313 e. The molecule has 144 valence electrons. The lowest BCUT2D eigenvalue weighted by atomic mass is 10.1. The molecule has 0 unspecified atom stereocenters. The van der Waals surface area contributed by atoms with Gasteiger partial charge in [-0.15, -0.1) is 11.3 Å². The normalized spacial score (nSPS) is 10.5. The van der Waals surface area contributed by atoms with Crippen LogP contribution in [0.1, 0.15) is 11.1 Å². The number of aromatic nitrogens is 1. The standard InChI is InChI=1S/C20H18FN3O2S2/c1-13-2-6-15(7-3-13)17-12-28-20(27)24(17)11-19(26)23-22-18(25)10-14-4-8-16(21)9-5-14/h2-9,12H,10-11H2,1H3,(H,22,25)(H,23,26). The SMILES string of the molecule is Cc1ccc(-c2csc(=S)n2CC(=O)NNC(=O)Cc2ccc(F)cc2)cc1. The van der Waals surface area contributed by atoms with Crippen molar-refractivity contribution in [2.24, 2.45) is 0 Å². The summed E-state index contributed by atoms with van der Waals surface area (Å²) < 4.78 is 15.2. The second kappa shape index (κ2) is 8.90. The first kappa shape index (κ1) is 19.9. The average Bonchev–Trinajstić information content (AvgIpc) is 3.03. The highest BCUT2D eigenvalue weighted by Gasteiger charge is 2.12. The quantitative estimate of drug-likeness (QED) is 0.492. The third-order valence-corrected chi connectivity index (χ3v) is 5.32. The van der Waals surface area contributed by atoms with E-state index >= 15 is 0 Å². The van der Waals surface area contributed by atoms with Crippen molar-refractivity contribution in [3.63, 3.8) is 0 Å². The van der Waals surface area contributed by atoms with E-state index in [4.69, 9.17) is 12.2 Å². The van der Waals surface area contributed by atoms with Crippen molar-refractivity contribution in [1.29, 1.82) is 0 Å². The van der Waals surface area contributed by atoms with Crippen LogP contribution in [0.15, 0.2) is 53.9 Å². The number of aryl methyl sites for hydroxylation is 1. The van der Waals surface area contributed by atoms with Crippen LogP contribution in [-0.2, 0) is 22.6 Å². The lowest BCUT2D eigenvalue weighted by molar-refractivity contribution is -0.128. The number of nitrogens with zero attached hydrogens (tertiary/aromatic N) is 1. The first-order chi connectivity index (χ1) is 13.4. The predicted molar refractivity (Wildman–Crippen MR) is 110 cm³/mol. The highest BCUT2D eigenvalue weighted by atomic mass is 32.1. The molecule has 0 aliphatic heterocycles. The summed E-state index contributed by atoms with van der Waals surface area (Å²) in [7, 11) is 0. The van der Waals surface area contributed by atoms with Crippen LogP contribution < -0.4 is 10.9 Å². The Kier molecular flexibility index (Phi) is 6.33. The van der Waals surface area contributed by atoms with Gasteiger partial charge in [-0.25, -0.2) is 4.39 Å². The molecule has 3 rings (SSSR count). The third kappa shape index (κ3) is 5.11. The maximum atomic E-state index is 12.9. The minimum absolute atomic E-state index is 0.0115. The Hall–Kier alpha value is -2.84. The lowest BCUT2D eigenvalue weighted by Crippen LogP contribution is -2.43. The Balaban J connectivity index is 1.60. The van der Waals surface area contributed by atoms with Gasteiger partial charge in [0.05, 0.1) is 12.1 Å². The van der Waals surface area contributed by atoms with Gasteiger partial charge in [-0.3, -0.25) is 20.4 Å².